The van der Waals surface area contributed by atoms with Crippen LogP contribution in [0.3, 0.4) is 0 Å². The van der Waals surface area contributed by atoms with Gasteiger partial charge in [0.2, 0.25) is 0 Å². The van der Waals surface area contributed by atoms with Crippen molar-refractivity contribution in [3.05, 3.63) is 60.2 Å². The van der Waals surface area contributed by atoms with Crippen LogP contribution in [0.5, 0.6) is 0 Å². The number of piperazine rings is 1. The minimum atomic E-state index is 0.910. The molecule has 0 aliphatic carbocycles. The number of imidazole rings is 2. The Morgan fingerprint density at radius 1 is 0.643 bits per heavy atom. The van der Waals surface area contributed by atoms with Gasteiger partial charge in [-0.3, -0.25) is 9.80 Å². The average Bonchev–Trinajstić information content (AvgIpc) is 3.20. The normalized spacial score (nSPS) is 16.4. The van der Waals surface area contributed by atoms with Crippen molar-refractivity contribution >= 4 is 22.1 Å². The molecule has 28 heavy (non-hydrogen) atoms. The molecule has 0 spiro atoms. The van der Waals surface area contributed by atoms with E-state index in [2.05, 4.69) is 81.3 Å². The van der Waals surface area contributed by atoms with Crippen molar-refractivity contribution in [2.45, 2.75) is 27.2 Å². The lowest BCUT2D eigenvalue weighted by Gasteiger charge is -2.35. The molecule has 0 N–H and O–H groups in total. The maximum absolute atomic E-state index is 4.70. The lowest BCUT2D eigenvalue weighted by atomic mass is 10.3. The Labute approximate surface area is 165 Å². The van der Waals surface area contributed by atoms with E-state index in [0.29, 0.717) is 0 Å². The zero-order chi connectivity index (χ0) is 19.1. The smallest absolute Gasteiger partial charge is 0.107 e. The van der Waals surface area contributed by atoms with Crippen LogP contribution in [-0.4, -0.2) is 55.1 Å². The highest BCUT2D eigenvalue weighted by molar-refractivity contribution is 5.76. The van der Waals surface area contributed by atoms with Crippen LogP contribution in [0.1, 0.15) is 11.6 Å². The quantitative estimate of drug-likeness (QED) is 0.550. The van der Waals surface area contributed by atoms with Gasteiger partial charge in [0, 0.05) is 26.2 Å². The Bertz CT molecular complexity index is 1030. The molecule has 0 radical (unpaired) electrons. The molecule has 0 atom stereocenters. The molecular weight excluding hydrogens is 348 g/mol. The van der Waals surface area contributed by atoms with Crippen LogP contribution in [0, 0.1) is 13.8 Å². The zero-order valence-electron chi connectivity index (χ0n) is 16.5. The molecule has 6 heteroatoms. The van der Waals surface area contributed by atoms with E-state index in [9.17, 15) is 0 Å². The van der Waals surface area contributed by atoms with E-state index < -0.39 is 0 Å². The van der Waals surface area contributed by atoms with Crippen molar-refractivity contribution in [1.82, 2.24) is 28.9 Å². The lowest BCUT2D eigenvalue weighted by Crippen LogP contribution is -2.47. The van der Waals surface area contributed by atoms with E-state index in [1.54, 1.807) is 0 Å². The molecule has 0 bridgehead atoms. The Kier molecular flexibility index (Phi) is 4.37. The van der Waals surface area contributed by atoms with E-state index >= 15 is 0 Å². The van der Waals surface area contributed by atoms with E-state index in [0.717, 1.165) is 62.2 Å². The van der Waals surface area contributed by atoms with Crippen molar-refractivity contribution in [3.63, 3.8) is 0 Å². The van der Waals surface area contributed by atoms with Gasteiger partial charge in [-0.15, -0.1) is 0 Å². The van der Waals surface area contributed by atoms with Crippen molar-refractivity contribution in [2.24, 2.45) is 0 Å². The second-order valence-corrected chi connectivity index (χ2v) is 7.67. The molecule has 144 valence electrons. The van der Waals surface area contributed by atoms with Crippen molar-refractivity contribution < 1.29 is 0 Å². The van der Waals surface area contributed by atoms with E-state index in [4.69, 9.17) is 9.97 Å². The summed E-state index contributed by atoms with van der Waals surface area (Å²) < 4.78 is 4.66. The maximum Gasteiger partial charge on any atom is 0.107 e. The Hall–Kier alpha value is -2.70. The second kappa shape index (κ2) is 7.04. The number of hydrogen-bond donors (Lipinski definition) is 0. The van der Waals surface area contributed by atoms with Crippen molar-refractivity contribution in [3.8, 4) is 0 Å². The second-order valence-electron chi connectivity index (χ2n) is 7.67. The molecule has 0 amide bonds. The minimum Gasteiger partial charge on any atom is -0.314 e. The summed E-state index contributed by atoms with van der Waals surface area (Å²) in [5.41, 5.74) is 4.62. The predicted octanol–water partition coefficient (Wildman–Crippen LogP) is 3.24. The Morgan fingerprint density at radius 3 is 1.46 bits per heavy atom. The molecule has 2 aromatic carbocycles. The molecule has 0 unspecified atom stereocenters. The van der Waals surface area contributed by atoms with E-state index in [-0.39, 0.29) is 0 Å². The fourth-order valence-electron chi connectivity index (χ4n) is 4.22. The summed E-state index contributed by atoms with van der Waals surface area (Å²) in [7, 11) is 0. The highest BCUT2D eigenvalue weighted by Gasteiger charge is 2.20. The van der Waals surface area contributed by atoms with E-state index in [1.807, 2.05) is 0 Å². The summed E-state index contributed by atoms with van der Waals surface area (Å²) >= 11 is 0. The highest BCUT2D eigenvalue weighted by Crippen LogP contribution is 2.19. The van der Waals surface area contributed by atoms with Gasteiger partial charge in [-0.2, -0.15) is 0 Å². The van der Waals surface area contributed by atoms with Crippen molar-refractivity contribution in [2.75, 3.05) is 26.2 Å². The third-order valence-corrected chi connectivity index (χ3v) is 5.84. The lowest BCUT2D eigenvalue weighted by molar-refractivity contribution is 0.0882. The average molecular weight is 374 g/mol. The number of aryl methyl sites for hydroxylation is 2. The van der Waals surface area contributed by atoms with Crippen LogP contribution < -0.4 is 0 Å². The third-order valence-electron chi connectivity index (χ3n) is 5.84. The summed E-state index contributed by atoms with van der Waals surface area (Å²) in [5, 5.41) is 0. The monoisotopic (exact) mass is 374 g/mol. The van der Waals surface area contributed by atoms with Crippen LogP contribution >= 0.6 is 0 Å². The predicted molar refractivity (Wildman–Crippen MR) is 112 cm³/mol. The number of fused-ring (bicyclic) bond motifs is 2. The van der Waals surface area contributed by atoms with Gasteiger partial charge < -0.3 is 9.13 Å². The summed E-state index contributed by atoms with van der Waals surface area (Å²) in [6.07, 6.45) is 0. The SMILES string of the molecule is Cc1nc2ccccc2n1CN1CCN(Cn2c(C)nc3ccccc32)CC1. The van der Waals surface area contributed by atoms with Gasteiger partial charge in [0.1, 0.15) is 11.6 Å². The maximum atomic E-state index is 4.70. The first-order valence-electron chi connectivity index (χ1n) is 9.97. The number of rotatable bonds is 4. The summed E-state index contributed by atoms with van der Waals surface area (Å²) in [5.74, 6) is 2.17. The standard InChI is InChI=1S/C22H26N6/c1-17-23-19-7-3-5-9-21(19)27(17)15-25-11-13-26(14-12-25)16-28-18(2)24-20-8-4-6-10-22(20)28/h3-10H,11-16H2,1-2H3. The number of aromatic nitrogens is 4. The number of hydrogen-bond acceptors (Lipinski definition) is 4. The molecule has 5 rings (SSSR count). The largest absolute Gasteiger partial charge is 0.314 e. The van der Waals surface area contributed by atoms with Crippen molar-refractivity contribution in [1.29, 1.82) is 0 Å². The molecule has 1 aliphatic rings. The summed E-state index contributed by atoms with van der Waals surface area (Å²) in [4.78, 5) is 14.4. The Balaban J connectivity index is 1.26. The van der Waals surface area contributed by atoms with Gasteiger partial charge in [-0.1, -0.05) is 24.3 Å². The van der Waals surface area contributed by atoms with Gasteiger partial charge >= 0.3 is 0 Å². The summed E-state index contributed by atoms with van der Waals surface area (Å²) in [6, 6.07) is 16.8. The molecule has 1 aliphatic heterocycles. The first-order valence-corrected chi connectivity index (χ1v) is 9.97. The minimum absolute atomic E-state index is 0.910. The van der Waals surface area contributed by atoms with Crippen LogP contribution in [0.15, 0.2) is 48.5 Å². The fraction of sp³-hybridized carbons (Fsp3) is 0.364. The fourth-order valence-corrected chi connectivity index (χ4v) is 4.22. The van der Waals surface area contributed by atoms with Gasteiger partial charge in [0.25, 0.3) is 0 Å². The topological polar surface area (TPSA) is 42.1 Å². The first-order chi connectivity index (χ1) is 13.7. The third kappa shape index (κ3) is 3.08. The molecule has 1 saturated heterocycles. The molecule has 2 aromatic heterocycles. The number of nitrogens with zero attached hydrogens (tertiary/aromatic N) is 6. The zero-order valence-corrected chi connectivity index (χ0v) is 16.5. The molecule has 4 aromatic rings. The van der Waals surface area contributed by atoms with Crippen LogP contribution in [0.2, 0.25) is 0 Å². The number of para-hydroxylation sites is 4. The van der Waals surface area contributed by atoms with Crippen LogP contribution in [0.25, 0.3) is 22.1 Å². The molecule has 1 fully saturated rings. The van der Waals surface area contributed by atoms with Gasteiger partial charge in [-0.05, 0) is 38.1 Å². The Morgan fingerprint density at radius 2 is 1.04 bits per heavy atom. The van der Waals surface area contributed by atoms with Gasteiger partial charge in [-0.25, -0.2) is 9.97 Å². The molecule has 6 nitrogen and oxygen atoms in total. The molecular formula is C22H26N6. The van der Waals surface area contributed by atoms with Gasteiger partial charge in [0.15, 0.2) is 0 Å². The number of benzene rings is 2. The van der Waals surface area contributed by atoms with Crippen LogP contribution in [-0.2, 0) is 13.3 Å². The van der Waals surface area contributed by atoms with Gasteiger partial charge in [0.05, 0.1) is 35.4 Å². The van der Waals surface area contributed by atoms with E-state index in [1.165, 1.54) is 11.0 Å². The molecule has 0 saturated carbocycles. The first kappa shape index (κ1) is 17.4. The summed E-state index contributed by atoms with van der Waals surface area (Å²) in [6.45, 7) is 10.3. The molecule has 3 heterocycles. The van der Waals surface area contributed by atoms with Crippen LogP contribution in [0.4, 0.5) is 0 Å². The highest BCUT2D eigenvalue weighted by atomic mass is 15.4.